The van der Waals surface area contributed by atoms with E-state index in [9.17, 15) is 0 Å². The summed E-state index contributed by atoms with van der Waals surface area (Å²) in [5.74, 6) is 6.12. The Kier molecular flexibility index (Phi) is 4.04. The van der Waals surface area contributed by atoms with Crippen LogP contribution < -0.4 is 16.6 Å². The first kappa shape index (κ1) is 14.3. The van der Waals surface area contributed by atoms with Gasteiger partial charge in [0.15, 0.2) is 0 Å². The molecule has 5 nitrogen and oxygen atoms in total. The number of rotatable bonds is 4. The molecule has 0 heterocycles. The van der Waals surface area contributed by atoms with Gasteiger partial charge in [0, 0.05) is 13.2 Å². The number of ether oxygens (including phenoxy) is 1. The summed E-state index contributed by atoms with van der Waals surface area (Å²) in [5.41, 5.74) is 3.07. The van der Waals surface area contributed by atoms with Gasteiger partial charge < -0.3 is 10.1 Å². The first-order valence-electron chi connectivity index (χ1n) is 6.07. The number of guanidine groups is 1. The van der Waals surface area contributed by atoms with Gasteiger partial charge in [-0.1, -0.05) is 27.7 Å². The summed E-state index contributed by atoms with van der Waals surface area (Å²) in [6, 6.07) is 0.475. The number of nitrogens with zero attached hydrogens (tertiary/aromatic N) is 1. The molecule has 1 unspecified atom stereocenters. The molecule has 0 aromatic carbocycles. The van der Waals surface area contributed by atoms with Crippen molar-refractivity contribution in [3.63, 3.8) is 0 Å². The van der Waals surface area contributed by atoms with Crippen LogP contribution in [0.2, 0.25) is 0 Å². The highest BCUT2D eigenvalue weighted by atomic mass is 16.5. The van der Waals surface area contributed by atoms with Crippen molar-refractivity contribution in [2.75, 3.05) is 13.7 Å². The maximum Gasteiger partial charge on any atom is 0.206 e. The molecule has 0 bridgehead atoms. The molecule has 0 saturated heterocycles. The topological polar surface area (TPSA) is 71.7 Å². The molecule has 5 heteroatoms. The molecule has 1 aliphatic carbocycles. The first-order valence-corrected chi connectivity index (χ1v) is 6.07. The van der Waals surface area contributed by atoms with Gasteiger partial charge in [-0.05, 0) is 17.8 Å². The molecule has 1 fully saturated rings. The van der Waals surface area contributed by atoms with Crippen LogP contribution in [0.4, 0.5) is 0 Å². The van der Waals surface area contributed by atoms with Crippen molar-refractivity contribution >= 4 is 5.96 Å². The Hall–Kier alpha value is -0.810. The van der Waals surface area contributed by atoms with Crippen LogP contribution in [0.1, 0.15) is 34.6 Å². The second-order valence-corrected chi connectivity index (χ2v) is 5.97. The van der Waals surface area contributed by atoms with Crippen molar-refractivity contribution in [3.05, 3.63) is 0 Å². The third-order valence-corrected chi connectivity index (χ3v) is 4.14. The molecule has 0 spiro atoms. The summed E-state index contributed by atoms with van der Waals surface area (Å²) < 4.78 is 5.07. The number of hydrazine groups is 1. The predicted molar refractivity (Wildman–Crippen MR) is 70.6 cm³/mol. The van der Waals surface area contributed by atoms with E-state index in [2.05, 4.69) is 43.4 Å². The van der Waals surface area contributed by atoms with Crippen LogP contribution >= 0.6 is 0 Å². The highest BCUT2D eigenvalue weighted by Crippen LogP contribution is 2.64. The molecule has 1 atom stereocenters. The van der Waals surface area contributed by atoms with Crippen LogP contribution in [0, 0.1) is 10.8 Å². The van der Waals surface area contributed by atoms with E-state index in [0.29, 0.717) is 18.6 Å². The second-order valence-electron chi connectivity index (χ2n) is 5.97. The van der Waals surface area contributed by atoms with Gasteiger partial charge in [0.25, 0.3) is 0 Å². The highest BCUT2D eigenvalue weighted by Gasteiger charge is 2.65. The zero-order valence-electron chi connectivity index (χ0n) is 11.8. The Morgan fingerprint density at radius 2 is 1.88 bits per heavy atom. The Bertz CT molecular complexity index is 285. The Morgan fingerprint density at radius 3 is 2.24 bits per heavy atom. The van der Waals surface area contributed by atoms with Crippen LogP contribution in [0.25, 0.3) is 0 Å². The smallest absolute Gasteiger partial charge is 0.206 e. The van der Waals surface area contributed by atoms with E-state index in [-0.39, 0.29) is 16.9 Å². The first-order chi connectivity index (χ1) is 7.77. The molecule has 0 radical (unpaired) electrons. The number of nitrogens with one attached hydrogen (secondary N) is 2. The summed E-state index contributed by atoms with van der Waals surface area (Å²) in [6.07, 6.45) is 0. The van der Waals surface area contributed by atoms with Gasteiger partial charge in [-0.2, -0.15) is 0 Å². The van der Waals surface area contributed by atoms with Crippen LogP contribution in [-0.4, -0.2) is 31.8 Å². The lowest BCUT2D eigenvalue weighted by atomic mass is 10.0. The third kappa shape index (κ3) is 2.72. The highest BCUT2D eigenvalue weighted by molar-refractivity contribution is 5.80. The van der Waals surface area contributed by atoms with Crippen molar-refractivity contribution in [1.29, 1.82) is 0 Å². The van der Waals surface area contributed by atoms with Crippen LogP contribution in [0.15, 0.2) is 4.99 Å². The van der Waals surface area contributed by atoms with Gasteiger partial charge in [-0.25, -0.2) is 10.8 Å². The minimum Gasteiger partial charge on any atom is -0.383 e. The predicted octanol–water partition coefficient (Wildman–Crippen LogP) is 0.865. The van der Waals surface area contributed by atoms with E-state index >= 15 is 0 Å². The van der Waals surface area contributed by atoms with Gasteiger partial charge in [0.2, 0.25) is 5.96 Å². The van der Waals surface area contributed by atoms with Crippen molar-refractivity contribution in [3.8, 4) is 0 Å². The van der Waals surface area contributed by atoms with E-state index in [1.165, 1.54) is 0 Å². The summed E-state index contributed by atoms with van der Waals surface area (Å²) in [5, 5.41) is 3.20. The number of hydrogen-bond donors (Lipinski definition) is 3. The van der Waals surface area contributed by atoms with Crippen LogP contribution in [0.3, 0.4) is 0 Å². The Balaban J connectivity index is 2.64. The van der Waals surface area contributed by atoms with Gasteiger partial charge >= 0.3 is 0 Å². The largest absolute Gasteiger partial charge is 0.383 e. The van der Waals surface area contributed by atoms with Gasteiger partial charge in [-0.15, -0.1) is 0 Å². The Labute approximate surface area is 104 Å². The van der Waals surface area contributed by atoms with Crippen LogP contribution in [-0.2, 0) is 4.74 Å². The maximum atomic E-state index is 5.49. The molecule has 100 valence electrons. The Morgan fingerprint density at radius 1 is 1.35 bits per heavy atom. The molecule has 0 aliphatic heterocycles. The second kappa shape index (κ2) is 4.82. The van der Waals surface area contributed by atoms with Gasteiger partial charge in [-0.3, -0.25) is 5.43 Å². The molecular weight excluding hydrogens is 216 g/mol. The van der Waals surface area contributed by atoms with E-state index in [1.54, 1.807) is 7.11 Å². The number of nitrogens with two attached hydrogens (primary N) is 1. The van der Waals surface area contributed by atoms with E-state index in [1.807, 2.05) is 6.92 Å². The zero-order chi connectivity index (χ0) is 13.3. The van der Waals surface area contributed by atoms with Crippen molar-refractivity contribution < 1.29 is 4.74 Å². The molecule has 4 N–H and O–H groups in total. The van der Waals surface area contributed by atoms with E-state index in [0.717, 1.165) is 0 Å². The van der Waals surface area contributed by atoms with Crippen molar-refractivity contribution in [2.24, 2.45) is 21.7 Å². The molecule has 1 aliphatic rings. The van der Waals surface area contributed by atoms with E-state index in [4.69, 9.17) is 10.6 Å². The van der Waals surface area contributed by atoms with Gasteiger partial charge in [0.05, 0.1) is 12.6 Å². The molecule has 1 rings (SSSR count). The van der Waals surface area contributed by atoms with Gasteiger partial charge in [0.1, 0.15) is 0 Å². The SMILES string of the molecule is COCC(C)NC(=NC1C(C)(C)C1(C)C)NN. The zero-order valence-corrected chi connectivity index (χ0v) is 11.8. The summed E-state index contributed by atoms with van der Waals surface area (Å²) in [4.78, 5) is 4.65. The monoisotopic (exact) mass is 242 g/mol. The van der Waals surface area contributed by atoms with E-state index < -0.39 is 0 Å². The maximum absolute atomic E-state index is 5.49. The summed E-state index contributed by atoms with van der Waals surface area (Å²) in [6.45, 7) is 11.6. The summed E-state index contributed by atoms with van der Waals surface area (Å²) >= 11 is 0. The molecular formula is C12H26N4O. The third-order valence-electron chi connectivity index (χ3n) is 4.14. The van der Waals surface area contributed by atoms with Crippen molar-refractivity contribution in [2.45, 2.75) is 46.7 Å². The quantitative estimate of drug-likeness (QED) is 0.296. The lowest BCUT2D eigenvalue weighted by Gasteiger charge is -2.15. The fraction of sp³-hybridized carbons (Fsp3) is 0.917. The molecule has 17 heavy (non-hydrogen) atoms. The number of hydrogen-bond acceptors (Lipinski definition) is 3. The molecule has 0 aromatic rings. The lowest BCUT2D eigenvalue weighted by Crippen LogP contribution is -2.47. The fourth-order valence-corrected chi connectivity index (χ4v) is 2.25. The van der Waals surface area contributed by atoms with Crippen molar-refractivity contribution in [1.82, 2.24) is 10.7 Å². The lowest BCUT2D eigenvalue weighted by molar-refractivity contribution is 0.179. The fourth-order valence-electron chi connectivity index (χ4n) is 2.25. The minimum absolute atomic E-state index is 0.180. The minimum atomic E-state index is 0.180. The molecule has 0 aromatic heterocycles. The number of aliphatic imine (C=N–C) groups is 1. The normalized spacial score (nSPS) is 24.3. The standard InChI is InChI=1S/C12H26N4O/c1-8(7-17-6)14-10(16-13)15-9-11(2,3)12(9,4)5/h8-9H,7,13H2,1-6H3,(H2,14,15,16). The summed E-state index contributed by atoms with van der Waals surface area (Å²) in [7, 11) is 1.68. The van der Waals surface area contributed by atoms with Crippen LogP contribution in [0.5, 0.6) is 0 Å². The molecule has 0 amide bonds. The molecule has 1 saturated carbocycles. The number of methoxy groups -OCH3 is 1. The average molecular weight is 242 g/mol. The average Bonchev–Trinajstić information content (AvgIpc) is 2.59.